The maximum Gasteiger partial charge on any atom is 0.231 e. The fraction of sp³-hybridized carbons (Fsp3) is 0.368. The van der Waals surface area contributed by atoms with E-state index < -0.39 is 0 Å². The van der Waals surface area contributed by atoms with Gasteiger partial charge in [0.25, 0.3) is 0 Å². The second-order valence-electron chi connectivity index (χ2n) is 6.39. The number of thiophene rings is 1. The third-order valence-electron chi connectivity index (χ3n) is 4.30. The lowest BCUT2D eigenvalue weighted by atomic mass is 9.97. The van der Waals surface area contributed by atoms with Crippen LogP contribution >= 0.6 is 11.3 Å². The minimum absolute atomic E-state index is 0.719. The van der Waals surface area contributed by atoms with E-state index in [9.17, 15) is 0 Å². The van der Waals surface area contributed by atoms with Gasteiger partial charge in [0.05, 0.1) is 5.39 Å². The number of benzene rings is 1. The monoisotopic (exact) mass is 324 g/mol. The largest absolute Gasteiger partial charge is 0.438 e. The average molecular weight is 324 g/mol. The number of fused-ring (bicyclic) bond motifs is 3. The zero-order valence-corrected chi connectivity index (χ0v) is 14.6. The summed E-state index contributed by atoms with van der Waals surface area (Å²) in [5, 5.41) is 1.13. The fourth-order valence-electron chi connectivity index (χ4n) is 3.40. The van der Waals surface area contributed by atoms with Gasteiger partial charge in [0.2, 0.25) is 5.88 Å². The van der Waals surface area contributed by atoms with Crippen LogP contribution in [0.25, 0.3) is 10.2 Å². The molecule has 118 valence electrons. The van der Waals surface area contributed by atoms with Crippen LogP contribution in [0.2, 0.25) is 0 Å². The van der Waals surface area contributed by atoms with E-state index in [1.807, 2.05) is 18.3 Å². The third kappa shape index (κ3) is 2.72. The van der Waals surface area contributed by atoms with Crippen LogP contribution in [0, 0.1) is 20.8 Å². The van der Waals surface area contributed by atoms with E-state index in [0.29, 0.717) is 0 Å². The highest BCUT2D eigenvalue weighted by Crippen LogP contribution is 2.40. The van der Waals surface area contributed by atoms with E-state index in [2.05, 4.69) is 42.0 Å². The van der Waals surface area contributed by atoms with Crippen molar-refractivity contribution >= 4 is 21.6 Å². The number of nitrogens with zero attached hydrogens (tertiary/aromatic N) is 2. The summed E-state index contributed by atoms with van der Waals surface area (Å²) in [6.45, 7) is 6.12. The van der Waals surface area contributed by atoms with Gasteiger partial charge in [0.15, 0.2) is 0 Å². The van der Waals surface area contributed by atoms with E-state index in [0.717, 1.165) is 34.1 Å². The Hall–Kier alpha value is -1.94. The van der Waals surface area contributed by atoms with E-state index in [-0.39, 0.29) is 0 Å². The van der Waals surface area contributed by atoms with Crippen LogP contribution < -0.4 is 4.74 Å². The van der Waals surface area contributed by atoms with Gasteiger partial charge in [-0.25, -0.2) is 4.98 Å². The molecule has 1 aliphatic carbocycles. The van der Waals surface area contributed by atoms with Gasteiger partial charge in [0, 0.05) is 4.88 Å². The first-order valence-electron chi connectivity index (χ1n) is 8.15. The molecule has 4 heteroatoms. The molecule has 4 rings (SSSR count). The van der Waals surface area contributed by atoms with Crippen molar-refractivity contribution in [1.82, 2.24) is 9.97 Å². The summed E-state index contributed by atoms with van der Waals surface area (Å²) < 4.78 is 6.21. The van der Waals surface area contributed by atoms with Crippen LogP contribution in [0.15, 0.2) is 18.2 Å². The molecular formula is C19H20N2OS. The number of aryl methyl sites for hydroxylation is 5. The normalized spacial score (nSPS) is 14.0. The smallest absolute Gasteiger partial charge is 0.231 e. The van der Waals surface area contributed by atoms with Gasteiger partial charge < -0.3 is 4.74 Å². The average Bonchev–Trinajstić information content (AvgIpc) is 2.84. The number of aromatic nitrogens is 2. The van der Waals surface area contributed by atoms with Crippen LogP contribution in [0.4, 0.5) is 0 Å². The van der Waals surface area contributed by atoms with Crippen LogP contribution in [0.1, 0.15) is 40.2 Å². The quantitative estimate of drug-likeness (QED) is 0.642. The van der Waals surface area contributed by atoms with Crippen molar-refractivity contribution in [1.29, 1.82) is 0 Å². The van der Waals surface area contributed by atoms with Crippen molar-refractivity contribution in [2.24, 2.45) is 0 Å². The predicted octanol–water partition coefficient (Wildman–Crippen LogP) is 5.29. The zero-order valence-electron chi connectivity index (χ0n) is 13.8. The molecule has 0 radical (unpaired) electrons. The zero-order chi connectivity index (χ0) is 16.0. The maximum atomic E-state index is 6.21. The molecule has 3 nitrogen and oxygen atoms in total. The first kappa shape index (κ1) is 14.6. The lowest BCUT2D eigenvalue weighted by molar-refractivity contribution is 0.465. The summed E-state index contributed by atoms with van der Waals surface area (Å²) in [5.41, 5.74) is 3.82. The van der Waals surface area contributed by atoms with Gasteiger partial charge in [-0.05, 0) is 75.3 Å². The standard InChI is InChI=1S/C19H20N2OS/c1-11-8-12(2)10-14(9-11)22-18-17-15-6-4-5-7-16(15)23-19(17)21-13(3)20-18/h8-10H,4-7H2,1-3H3. The molecule has 0 spiro atoms. The Morgan fingerprint density at radius 2 is 1.70 bits per heavy atom. The van der Waals surface area contributed by atoms with Crippen molar-refractivity contribution in [3.8, 4) is 11.6 Å². The molecule has 0 fully saturated rings. The maximum absolute atomic E-state index is 6.21. The van der Waals surface area contributed by atoms with Gasteiger partial charge in [0.1, 0.15) is 16.4 Å². The molecule has 1 aromatic carbocycles. The summed E-state index contributed by atoms with van der Waals surface area (Å²) in [4.78, 5) is 11.8. The number of rotatable bonds is 2. The lowest BCUT2D eigenvalue weighted by Crippen LogP contribution is -2.00. The van der Waals surface area contributed by atoms with Crippen LogP contribution in [-0.2, 0) is 12.8 Å². The number of hydrogen-bond donors (Lipinski definition) is 0. The molecule has 0 saturated carbocycles. The Labute approximate surface area is 140 Å². The minimum atomic E-state index is 0.719. The van der Waals surface area contributed by atoms with Crippen molar-refractivity contribution in [3.05, 3.63) is 45.6 Å². The molecule has 0 saturated heterocycles. The highest BCUT2D eigenvalue weighted by Gasteiger charge is 2.21. The molecule has 0 N–H and O–H groups in total. The fourth-order valence-corrected chi connectivity index (χ4v) is 4.70. The minimum Gasteiger partial charge on any atom is -0.438 e. The molecule has 0 unspecified atom stereocenters. The van der Waals surface area contributed by atoms with Crippen molar-refractivity contribution in [2.45, 2.75) is 46.5 Å². The molecule has 0 atom stereocenters. The molecule has 2 aromatic heterocycles. The van der Waals surface area contributed by atoms with E-state index in [1.165, 1.54) is 40.8 Å². The van der Waals surface area contributed by atoms with Gasteiger partial charge >= 0.3 is 0 Å². The van der Waals surface area contributed by atoms with Crippen molar-refractivity contribution in [3.63, 3.8) is 0 Å². The van der Waals surface area contributed by atoms with Gasteiger partial charge in [-0.3, -0.25) is 0 Å². The molecule has 0 aliphatic heterocycles. The van der Waals surface area contributed by atoms with Crippen molar-refractivity contribution < 1.29 is 4.74 Å². The van der Waals surface area contributed by atoms with Crippen molar-refractivity contribution in [2.75, 3.05) is 0 Å². The molecule has 2 heterocycles. The van der Waals surface area contributed by atoms with Gasteiger partial charge in [-0.15, -0.1) is 11.3 Å². The van der Waals surface area contributed by atoms with Crippen LogP contribution in [0.5, 0.6) is 11.6 Å². The third-order valence-corrected chi connectivity index (χ3v) is 5.49. The Morgan fingerprint density at radius 3 is 2.48 bits per heavy atom. The number of hydrogen-bond acceptors (Lipinski definition) is 4. The predicted molar refractivity (Wildman–Crippen MR) is 94.8 cm³/mol. The summed E-state index contributed by atoms with van der Waals surface area (Å²) in [7, 11) is 0. The van der Waals surface area contributed by atoms with Crippen LogP contribution in [-0.4, -0.2) is 9.97 Å². The van der Waals surface area contributed by atoms with E-state index >= 15 is 0 Å². The molecule has 3 aromatic rings. The molecule has 23 heavy (non-hydrogen) atoms. The molecule has 1 aliphatic rings. The molecular weight excluding hydrogens is 304 g/mol. The lowest BCUT2D eigenvalue weighted by Gasteiger charge is -2.13. The van der Waals surface area contributed by atoms with Crippen LogP contribution in [0.3, 0.4) is 0 Å². The first-order chi connectivity index (χ1) is 11.1. The SMILES string of the molecule is Cc1cc(C)cc(Oc2nc(C)nc3sc4c(c23)CCCC4)c1. The molecule has 0 amide bonds. The topological polar surface area (TPSA) is 35.0 Å². The Bertz CT molecular complexity index is 878. The summed E-state index contributed by atoms with van der Waals surface area (Å²) in [6.07, 6.45) is 4.80. The van der Waals surface area contributed by atoms with E-state index in [4.69, 9.17) is 4.74 Å². The number of ether oxygens (including phenoxy) is 1. The Balaban J connectivity index is 1.86. The van der Waals surface area contributed by atoms with Gasteiger partial charge in [-0.1, -0.05) is 6.07 Å². The molecule has 0 bridgehead atoms. The second kappa shape index (κ2) is 5.60. The second-order valence-corrected chi connectivity index (χ2v) is 7.48. The Morgan fingerprint density at radius 1 is 0.957 bits per heavy atom. The summed E-state index contributed by atoms with van der Waals surface area (Å²) in [5.74, 6) is 2.35. The highest BCUT2D eigenvalue weighted by molar-refractivity contribution is 7.18. The van der Waals surface area contributed by atoms with Gasteiger partial charge in [-0.2, -0.15) is 4.98 Å². The summed E-state index contributed by atoms with van der Waals surface area (Å²) >= 11 is 1.81. The van der Waals surface area contributed by atoms with E-state index in [1.54, 1.807) is 0 Å². The Kier molecular flexibility index (Phi) is 3.57. The highest BCUT2D eigenvalue weighted by atomic mass is 32.1. The first-order valence-corrected chi connectivity index (χ1v) is 8.97. The summed E-state index contributed by atoms with van der Waals surface area (Å²) in [6, 6.07) is 6.28.